The van der Waals surface area contributed by atoms with Gasteiger partial charge in [-0.1, -0.05) is 32.4 Å². The number of carbonyl (C=O) groups is 1. The van der Waals surface area contributed by atoms with E-state index in [0.29, 0.717) is 40.3 Å². The van der Waals surface area contributed by atoms with Crippen molar-refractivity contribution >= 4 is 48.4 Å². The monoisotopic (exact) mass is 576 g/mol. The highest BCUT2D eigenvalue weighted by atomic mass is 35.5. The largest absolute Gasteiger partial charge is 0.497 e. The van der Waals surface area contributed by atoms with Crippen molar-refractivity contribution in [1.82, 2.24) is 14.9 Å². The van der Waals surface area contributed by atoms with Gasteiger partial charge in [0, 0.05) is 24.4 Å². The molecule has 2 heterocycles. The molecule has 0 unspecified atom stereocenters. The number of fused-ring (bicyclic) bond motifs is 1. The molecule has 1 aliphatic rings. The minimum Gasteiger partial charge on any atom is -0.497 e. The molecular weight excluding hydrogens is 543 g/mol. The predicted molar refractivity (Wildman–Crippen MR) is 151 cm³/mol. The van der Waals surface area contributed by atoms with Gasteiger partial charge in [0.15, 0.2) is 8.32 Å². The van der Waals surface area contributed by atoms with Gasteiger partial charge in [0.25, 0.3) is 0 Å². The number of amides is 1. The topological polar surface area (TPSA) is 106 Å². The van der Waals surface area contributed by atoms with E-state index in [1.54, 1.807) is 18.2 Å². The number of nitrogens with zero attached hydrogens (tertiary/aromatic N) is 3. The van der Waals surface area contributed by atoms with E-state index in [2.05, 4.69) is 49.1 Å². The van der Waals surface area contributed by atoms with Crippen LogP contribution in [0.25, 0.3) is 10.9 Å². The number of likely N-dealkylation sites (tertiary alicyclic amines) is 1. The first-order valence-corrected chi connectivity index (χ1v) is 15.9. The lowest BCUT2D eigenvalue weighted by Gasteiger charge is -2.38. The second-order valence-corrected chi connectivity index (χ2v) is 16.3. The van der Waals surface area contributed by atoms with E-state index in [-0.39, 0.29) is 29.3 Å². The minimum atomic E-state index is -2.09. The molecule has 210 valence electrons. The number of rotatable bonds is 8. The third-order valence-corrected chi connectivity index (χ3v) is 12.2. The van der Waals surface area contributed by atoms with E-state index in [1.807, 2.05) is 0 Å². The van der Waals surface area contributed by atoms with Crippen molar-refractivity contribution in [2.45, 2.75) is 57.5 Å². The Morgan fingerprint density at radius 3 is 2.64 bits per heavy atom. The van der Waals surface area contributed by atoms with Gasteiger partial charge in [-0.05, 0) is 42.8 Å². The molecule has 1 saturated heterocycles. The van der Waals surface area contributed by atoms with Crippen molar-refractivity contribution in [3.8, 4) is 11.5 Å². The lowest BCUT2D eigenvalue weighted by atomic mass is 10.2. The van der Waals surface area contributed by atoms with Crippen LogP contribution in [0.2, 0.25) is 23.2 Å². The second kappa shape index (κ2) is 11.1. The molecular formula is C27H34ClFN4O5Si. The Kier molecular flexibility index (Phi) is 8.24. The van der Waals surface area contributed by atoms with Gasteiger partial charge in [-0.3, -0.25) is 4.90 Å². The van der Waals surface area contributed by atoms with E-state index >= 15 is 0 Å². The van der Waals surface area contributed by atoms with Crippen LogP contribution in [0.3, 0.4) is 0 Å². The Morgan fingerprint density at radius 1 is 1.26 bits per heavy atom. The fourth-order valence-corrected chi connectivity index (χ4v) is 5.84. The highest BCUT2D eigenvalue weighted by molar-refractivity contribution is 6.74. The van der Waals surface area contributed by atoms with Crippen LogP contribution in [0.4, 0.5) is 20.7 Å². The molecule has 2 N–H and O–H groups in total. The molecule has 9 nitrogen and oxygen atoms in total. The summed E-state index contributed by atoms with van der Waals surface area (Å²) in [4.78, 5) is 22.2. The summed E-state index contributed by atoms with van der Waals surface area (Å²) >= 11 is 5.96. The molecule has 4 rings (SSSR count). The van der Waals surface area contributed by atoms with Crippen molar-refractivity contribution in [3.05, 3.63) is 47.5 Å². The average Bonchev–Trinajstić information content (AvgIpc) is 3.26. The zero-order chi connectivity index (χ0) is 28.5. The maximum Gasteiger partial charge on any atom is 0.407 e. The molecule has 1 fully saturated rings. The number of aromatic nitrogens is 2. The number of benzene rings is 2. The van der Waals surface area contributed by atoms with Gasteiger partial charge in [0.2, 0.25) is 0 Å². The summed E-state index contributed by atoms with van der Waals surface area (Å²) in [5, 5.41) is 13.6. The Morgan fingerprint density at radius 2 is 2.00 bits per heavy atom. The maximum absolute atomic E-state index is 13.7. The molecule has 0 saturated carbocycles. The highest BCUT2D eigenvalue weighted by Gasteiger charge is 2.44. The van der Waals surface area contributed by atoms with Crippen LogP contribution in [0.1, 0.15) is 27.2 Å². The van der Waals surface area contributed by atoms with Crippen molar-refractivity contribution in [3.63, 3.8) is 0 Å². The fraction of sp³-hybridized carbons (Fsp3) is 0.444. The van der Waals surface area contributed by atoms with Crippen LogP contribution in [0, 0.1) is 5.82 Å². The molecule has 1 aliphatic heterocycles. The van der Waals surface area contributed by atoms with Crippen LogP contribution in [0.15, 0.2) is 36.7 Å². The average molecular weight is 577 g/mol. The number of carboxylic acid groups (broad SMARTS) is 1. The number of hydrogen-bond donors (Lipinski definition) is 2. The smallest absolute Gasteiger partial charge is 0.407 e. The summed E-state index contributed by atoms with van der Waals surface area (Å²) in [6.45, 7) is 11.2. The van der Waals surface area contributed by atoms with Crippen LogP contribution < -0.4 is 14.8 Å². The SMILES string of the molecule is COc1cc(OC[C@@H]2C[C@H](O[Si](C)(C)C(C)(C)C)CN2C(=O)O)c2c(Nc3ccc(F)c(Cl)c3)ncnc2c1. The summed E-state index contributed by atoms with van der Waals surface area (Å²) in [6, 6.07) is 7.31. The number of anilines is 2. The van der Waals surface area contributed by atoms with E-state index < -0.39 is 26.3 Å². The maximum atomic E-state index is 13.7. The van der Waals surface area contributed by atoms with Crippen molar-refractivity contribution < 1.29 is 28.2 Å². The summed E-state index contributed by atoms with van der Waals surface area (Å²) in [6.07, 6.45) is 0.696. The van der Waals surface area contributed by atoms with Gasteiger partial charge < -0.3 is 24.3 Å². The van der Waals surface area contributed by atoms with E-state index in [4.69, 9.17) is 25.5 Å². The number of nitrogens with one attached hydrogen (secondary N) is 1. The Bertz CT molecular complexity index is 1370. The third kappa shape index (κ3) is 6.37. The minimum absolute atomic E-state index is 0.00724. The van der Waals surface area contributed by atoms with Crippen LogP contribution in [-0.2, 0) is 4.43 Å². The zero-order valence-electron chi connectivity index (χ0n) is 22.9. The van der Waals surface area contributed by atoms with Gasteiger partial charge in [0.05, 0.1) is 35.2 Å². The van der Waals surface area contributed by atoms with Crippen LogP contribution in [-0.4, -0.2) is 66.8 Å². The Balaban J connectivity index is 1.61. The lowest BCUT2D eigenvalue weighted by Crippen LogP contribution is -2.44. The van der Waals surface area contributed by atoms with Crippen molar-refractivity contribution in [2.24, 2.45) is 0 Å². The zero-order valence-corrected chi connectivity index (χ0v) is 24.7. The Labute approximate surface area is 233 Å². The molecule has 2 aromatic carbocycles. The van der Waals surface area contributed by atoms with Crippen LogP contribution >= 0.6 is 11.6 Å². The van der Waals surface area contributed by atoms with Crippen molar-refractivity contribution in [1.29, 1.82) is 0 Å². The summed E-state index contributed by atoms with van der Waals surface area (Å²) in [7, 11) is -0.547. The van der Waals surface area contributed by atoms with Gasteiger partial charge in [-0.2, -0.15) is 0 Å². The van der Waals surface area contributed by atoms with Gasteiger partial charge in [0.1, 0.15) is 36.1 Å². The summed E-state index contributed by atoms with van der Waals surface area (Å²) < 4.78 is 31.9. The van der Waals surface area contributed by atoms with Crippen molar-refractivity contribution in [2.75, 3.05) is 25.6 Å². The van der Waals surface area contributed by atoms with Gasteiger partial charge in [-0.25, -0.2) is 19.2 Å². The highest BCUT2D eigenvalue weighted by Crippen LogP contribution is 2.40. The molecule has 0 spiro atoms. The van der Waals surface area contributed by atoms with Crippen LogP contribution in [0.5, 0.6) is 11.5 Å². The molecule has 1 amide bonds. The molecule has 12 heteroatoms. The summed E-state index contributed by atoms with van der Waals surface area (Å²) in [5.41, 5.74) is 1.08. The quantitative estimate of drug-likeness (QED) is 0.285. The van der Waals surface area contributed by atoms with E-state index in [1.165, 1.54) is 30.5 Å². The predicted octanol–water partition coefficient (Wildman–Crippen LogP) is 6.70. The first-order chi connectivity index (χ1) is 18.3. The Hall–Kier alpha value is -3.15. The number of halogens is 2. The standard InChI is InChI=1S/C27H34ClFN4O5Si/c1-27(2,3)39(5,6)38-19-10-17(33(13-19)26(34)35)14-37-23-12-18(36-4)11-22-24(23)25(31-15-30-22)32-16-7-8-21(29)20(28)9-16/h7-9,11-12,15,17,19H,10,13-14H2,1-6H3,(H,34,35)(H,30,31,32)/t17-,19-/m0/s1. The molecule has 0 bridgehead atoms. The number of ether oxygens (including phenoxy) is 2. The lowest BCUT2D eigenvalue weighted by molar-refractivity contribution is 0.120. The number of hydrogen-bond acceptors (Lipinski definition) is 7. The molecule has 1 aromatic heterocycles. The molecule has 39 heavy (non-hydrogen) atoms. The van der Waals surface area contributed by atoms with E-state index in [9.17, 15) is 14.3 Å². The molecule has 2 atom stereocenters. The molecule has 0 aliphatic carbocycles. The normalized spacial score (nSPS) is 17.9. The first-order valence-electron chi connectivity index (χ1n) is 12.6. The van der Waals surface area contributed by atoms with Gasteiger partial charge in [-0.15, -0.1) is 0 Å². The molecule has 3 aromatic rings. The fourth-order valence-electron chi connectivity index (χ4n) is 4.30. The first kappa shape index (κ1) is 28.8. The third-order valence-electron chi connectivity index (χ3n) is 7.41. The molecule has 0 radical (unpaired) electrons. The van der Waals surface area contributed by atoms with Gasteiger partial charge >= 0.3 is 6.09 Å². The second-order valence-electron chi connectivity index (χ2n) is 11.1. The summed E-state index contributed by atoms with van der Waals surface area (Å²) in [5.74, 6) is 0.826. The van der Waals surface area contributed by atoms with E-state index in [0.717, 1.165) is 0 Å². The number of methoxy groups -OCH3 is 1.